The van der Waals surface area contributed by atoms with Gasteiger partial charge in [-0.2, -0.15) is 18.3 Å². The van der Waals surface area contributed by atoms with Gasteiger partial charge in [0.1, 0.15) is 6.54 Å². The lowest BCUT2D eigenvalue weighted by Crippen LogP contribution is -2.21. The summed E-state index contributed by atoms with van der Waals surface area (Å²) >= 11 is 0. The first-order valence-corrected chi connectivity index (χ1v) is 6.91. The number of hydrogen-bond acceptors (Lipinski definition) is 2. The molecule has 124 valence electrons. The van der Waals surface area contributed by atoms with Gasteiger partial charge in [-0.15, -0.1) is 0 Å². The summed E-state index contributed by atoms with van der Waals surface area (Å²) in [6.45, 7) is 3.72. The van der Waals surface area contributed by atoms with Crippen LogP contribution >= 0.6 is 0 Å². The highest BCUT2D eigenvalue weighted by molar-refractivity contribution is 6.00. The molecule has 0 aliphatic rings. The van der Waals surface area contributed by atoms with E-state index in [1.165, 1.54) is 6.92 Å². The number of alkyl halides is 3. The normalized spacial score (nSPS) is 11.4. The maximum atomic E-state index is 12.5. The van der Waals surface area contributed by atoms with Gasteiger partial charge >= 0.3 is 12.2 Å². The van der Waals surface area contributed by atoms with Gasteiger partial charge in [0.05, 0.1) is 17.1 Å². The van der Waals surface area contributed by atoms with Crippen LogP contribution in [0.5, 0.6) is 0 Å². The molecule has 0 fully saturated rings. The molecule has 0 unspecified atom stereocenters. The van der Waals surface area contributed by atoms with Crippen molar-refractivity contribution in [1.29, 1.82) is 0 Å². The summed E-state index contributed by atoms with van der Waals surface area (Å²) in [5.41, 5.74) is 2.43. The molecule has 0 aliphatic heterocycles. The Morgan fingerprint density at radius 3 is 2.52 bits per heavy atom. The van der Waals surface area contributed by atoms with E-state index in [1.54, 1.807) is 25.1 Å². The summed E-state index contributed by atoms with van der Waals surface area (Å²) in [6, 6.07) is 6.65. The molecule has 1 aromatic carbocycles. The van der Waals surface area contributed by atoms with Gasteiger partial charge < -0.3 is 10.6 Å². The van der Waals surface area contributed by atoms with E-state index in [9.17, 15) is 18.0 Å². The molecule has 2 amide bonds. The molecule has 5 nitrogen and oxygen atoms in total. The molecule has 0 bridgehead atoms. The fraction of sp³-hybridized carbons (Fsp3) is 0.333. The van der Waals surface area contributed by atoms with Crippen LogP contribution in [0.15, 0.2) is 24.3 Å². The summed E-state index contributed by atoms with van der Waals surface area (Å²) in [6.07, 6.45) is -4.37. The molecule has 0 saturated carbocycles. The summed E-state index contributed by atoms with van der Waals surface area (Å²) in [7, 11) is 0. The van der Waals surface area contributed by atoms with E-state index >= 15 is 0 Å². The van der Waals surface area contributed by atoms with Crippen LogP contribution in [0.1, 0.15) is 17.0 Å². The summed E-state index contributed by atoms with van der Waals surface area (Å²) in [4.78, 5) is 12.0. The third-order valence-corrected chi connectivity index (χ3v) is 3.23. The first-order chi connectivity index (χ1) is 10.7. The lowest BCUT2D eigenvalue weighted by Gasteiger charge is -2.10. The topological polar surface area (TPSA) is 59.0 Å². The number of nitrogens with zero attached hydrogens (tertiary/aromatic N) is 2. The lowest BCUT2D eigenvalue weighted by atomic mass is 10.2. The van der Waals surface area contributed by atoms with Crippen LogP contribution in [0.4, 0.5) is 29.3 Å². The van der Waals surface area contributed by atoms with E-state index in [0.29, 0.717) is 11.4 Å². The Labute approximate surface area is 131 Å². The van der Waals surface area contributed by atoms with Gasteiger partial charge in [0.2, 0.25) is 0 Å². The van der Waals surface area contributed by atoms with Crippen LogP contribution in [0.3, 0.4) is 0 Å². The minimum Gasteiger partial charge on any atom is -0.308 e. The highest BCUT2D eigenvalue weighted by atomic mass is 19.4. The van der Waals surface area contributed by atoms with Crippen molar-refractivity contribution in [3.63, 3.8) is 0 Å². The minimum absolute atomic E-state index is 0.249. The van der Waals surface area contributed by atoms with Gasteiger partial charge in [-0.05, 0) is 38.5 Å². The molecular weight excluding hydrogens is 309 g/mol. The second-order valence-corrected chi connectivity index (χ2v) is 5.27. The SMILES string of the molecule is Cc1cccc(NC(=O)Nc2c(C)nn(CC(F)(F)F)c2C)c1. The van der Waals surface area contributed by atoms with Crippen LogP contribution in [0.25, 0.3) is 0 Å². The molecular formula is C15H17F3N4O. The van der Waals surface area contributed by atoms with Gasteiger partial charge in [0, 0.05) is 5.69 Å². The van der Waals surface area contributed by atoms with Crippen molar-refractivity contribution in [2.24, 2.45) is 0 Å². The molecule has 1 heterocycles. The number of halogens is 3. The number of benzene rings is 1. The second kappa shape index (κ2) is 6.31. The molecule has 0 aliphatic carbocycles. The zero-order valence-electron chi connectivity index (χ0n) is 13.0. The molecule has 8 heteroatoms. The quantitative estimate of drug-likeness (QED) is 0.895. The fourth-order valence-corrected chi connectivity index (χ4v) is 2.20. The Kier molecular flexibility index (Phi) is 4.63. The Bertz CT molecular complexity index is 722. The molecule has 0 radical (unpaired) electrons. The number of aryl methyl sites for hydroxylation is 2. The number of carbonyl (C=O) groups is 1. The van der Waals surface area contributed by atoms with Crippen LogP contribution in [-0.2, 0) is 6.54 Å². The highest BCUT2D eigenvalue weighted by Gasteiger charge is 2.30. The number of rotatable bonds is 3. The van der Waals surface area contributed by atoms with Crippen LogP contribution in [-0.4, -0.2) is 22.0 Å². The summed E-state index contributed by atoms with van der Waals surface area (Å²) in [5.74, 6) is 0. The van der Waals surface area contributed by atoms with Gasteiger partial charge in [-0.1, -0.05) is 12.1 Å². The van der Waals surface area contributed by atoms with E-state index in [0.717, 1.165) is 10.2 Å². The van der Waals surface area contributed by atoms with Gasteiger partial charge in [-0.3, -0.25) is 4.68 Å². The van der Waals surface area contributed by atoms with Gasteiger partial charge in [0.25, 0.3) is 0 Å². The predicted molar refractivity (Wildman–Crippen MR) is 81.6 cm³/mol. The van der Waals surface area contributed by atoms with Crippen molar-refractivity contribution in [2.45, 2.75) is 33.5 Å². The molecule has 2 N–H and O–H groups in total. The fourth-order valence-electron chi connectivity index (χ4n) is 2.20. The molecule has 0 spiro atoms. The Balaban J connectivity index is 2.12. The van der Waals surface area contributed by atoms with Crippen LogP contribution in [0, 0.1) is 20.8 Å². The Hall–Kier alpha value is -2.51. The van der Waals surface area contributed by atoms with E-state index in [1.807, 2.05) is 13.0 Å². The van der Waals surface area contributed by atoms with Crippen molar-refractivity contribution >= 4 is 17.4 Å². The Morgan fingerprint density at radius 2 is 1.91 bits per heavy atom. The molecule has 1 aromatic heterocycles. The molecule has 23 heavy (non-hydrogen) atoms. The minimum atomic E-state index is -4.37. The lowest BCUT2D eigenvalue weighted by molar-refractivity contribution is -0.142. The largest absolute Gasteiger partial charge is 0.408 e. The van der Waals surface area contributed by atoms with Crippen molar-refractivity contribution in [3.8, 4) is 0 Å². The summed E-state index contributed by atoms with van der Waals surface area (Å²) < 4.78 is 38.3. The smallest absolute Gasteiger partial charge is 0.308 e. The summed E-state index contributed by atoms with van der Waals surface area (Å²) in [5, 5.41) is 9.01. The third kappa shape index (κ3) is 4.48. The average molecular weight is 326 g/mol. The van der Waals surface area contributed by atoms with E-state index in [4.69, 9.17) is 0 Å². The monoisotopic (exact) mass is 326 g/mol. The van der Waals surface area contributed by atoms with Crippen molar-refractivity contribution in [3.05, 3.63) is 41.2 Å². The Morgan fingerprint density at radius 1 is 1.22 bits per heavy atom. The van der Waals surface area contributed by atoms with Crippen LogP contribution in [0.2, 0.25) is 0 Å². The van der Waals surface area contributed by atoms with Crippen molar-refractivity contribution in [1.82, 2.24) is 9.78 Å². The zero-order chi connectivity index (χ0) is 17.2. The molecule has 2 rings (SSSR count). The standard InChI is InChI=1S/C15H17F3N4O/c1-9-5-4-6-12(7-9)19-14(23)20-13-10(2)21-22(11(13)3)8-15(16,17)18/h4-7H,8H2,1-3H3,(H2,19,20,23). The van der Waals surface area contributed by atoms with Gasteiger partial charge in [0.15, 0.2) is 0 Å². The van der Waals surface area contributed by atoms with Gasteiger partial charge in [-0.25, -0.2) is 4.79 Å². The predicted octanol–water partition coefficient (Wildman–Crippen LogP) is 4.01. The molecule has 0 saturated heterocycles. The maximum Gasteiger partial charge on any atom is 0.408 e. The third-order valence-electron chi connectivity index (χ3n) is 3.23. The number of amides is 2. The van der Waals surface area contributed by atoms with Crippen LogP contribution < -0.4 is 10.6 Å². The number of urea groups is 1. The highest BCUT2D eigenvalue weighted by Crippen LogP contribution is 2.24. The molecule has 2 aromatic rings. The van der Waals surface area contributed by atoms with E-state index in [2.05, 4.69) is 15.7 Å². The maximum absolute atomic E-state index is 12.5. The number of anilines is 2. The van der Waals surface area contributed by atoms with E-state index in [-0.39, 0.29) is 11.4 Å². The number of aromatic nitrogens is 2. The first kappa shape index (κ1) is 16.9. The van der Waals surface area contributed by atoms with E-state index < -0.39 is 18.8 Å². The van der Waals surface area contributed by atoms with Crippen molar-refractivity contribution in [2.75, 3.05) is 10.6 Å². The molecule has 0 atom stereocenters. The number of hydrogen-bond donors (Lipinski definition) is 2. The zero-order valence-corrected chi connectivity index (χ0v) is 13.0. The first-order valence-electron chi connectivity index (χ1n) is 6.91. The second-order valence-electron chi connectivity index (χ2n) is 5.27. The van der Waals surface area contributed by atoms with Crippen molar-refractivity contribution < 1.29 is 18.0 Å². The average Bonchev–Trinajstić information content (AvgIpc) is 2.64. The number of nitrogens with one attached hydrogen (secondary N) is 2. The number of carbonyl (C=O) groups excluding carboxylic acids is 1.